The molecule has 2 amide bonds. The lowest BCUT2D eigenvalue weighted by atomic mass is 10.1. The average molecular weight is 409 g/mol. The highest BCUT2D eigenvalue weighted by atomic mass is 32.1. The zero-order valence-corrected chi connectivity index (χ0v) is 16.2. The van der Waals surface area contributed by atoms with Crippen LogP contribution in [-0.4, -0.2) is 39.1 Å². The fourth-order valence-corrected chi connectivity index (χ4v) is 3.62. The normalized spacial score (nSPS) is 11.7. The van der Waals surface area contributed by atoms with Gasteiger partial charge in [0.15, 0.2) is 0 Å². The lowest BCUT2D eigenvalue weighted by Crippen LogP contribution is -2.26. The third-order valence-electron chi connectivity index (χ3n) is 3.89. The maximum atomic E-state index is 12.7. The summed E-state index contributed by atoms with van der Waals surface area (Å²) in [6.45, 7) is 4.98. The molecule has 0 saturated carbocycles. The number of primary amides is 1. The number of rotatable bonds is 8. The third kappa shape index (κ3) is 4.17. The topological polar surface area (TPSA) is 159 Å². The molecule has 2 aromatic heterocycles. The molecular formula is C16H19N5O6S. The Balaban J connectivity index is 2.37. The fraction of sp³-hybridized carbons (Fsp3) is 0.375. The minimum Gasteiger partial charge on any atom is -0.462 e. The van der Waals surface area contributed by atoms with Crippen molar-refractivity contribution in [1.29, 1.82) is 0 Å². The molecule has 1 atom stereocenters. The summed E-state index contributed by atoms with van der Waals surface area (Å²) in [5.74, 6) is -1.98. The third-order valence-corrected chi connectivity index (χ3v) is 5.12. The van der Waals surface area contributed by atoms with Crippen molar-refractivity contribution in [2.45, 2.75) is 33.2 Å². The van der Waals surface area contributed by atoms with Crippen molar-refractivity contribution in [1.82, 2.24) is 9.78 Å². The van der Waals surface area contributed by atoms with Crippen LogP contribution in [0.4, 0.5) is 10.7 Å². The van der Waals surface area contributed by atoms with Crippen LogP contribution in [0.15, 0.2) is 12.4 Å². The largest absolute Gasteiger partial charge is 0.462 e. The predicted octanol–water partition coefficient (Wildman–Crippen LogP) is 2.03. The monoisotopic (exact) mass is 409 g/mol. The molecule has 2 aromatic rings. The fourth-order valence-electron chi connectivity index (χ4n) is 2.57. The number of aromatic nitrogens is 2. The Labute approximate surface area is 163 Å². The zero-order valence-electron chi connectivity index (χ0n) is 15.4. The standard InChI is InChI=1S/C16H19N5O6S/c1-4-10(20-7-9(6-18-20)21(25)26)14(23)19-15-11(16(24)27-5-2)8(3)12(28-15)13(17)22/h6-7,10H,4-5H2,1-3H3,(H2,17,22)(H,19,23). The molecule has 2 heterocycles. The van der Waals surface area contributed by atoms with E-state index in [4.69, 9.17) is 10.5 Å². The van der Waals surface area contributed by atoms with E-state index < -0.39 is 28.7 Å². The summed E-state index contributed by atoms with van der Waals surface area (Å²) < 4.78 is 6.17. The van der Waals surface area contributed by atoms with E-state index in [9.17, 15) is 24.5 Å². The molecule has 0 aromatic carbocycles. The van der Waals surface area contributed by atoms with Gasteiger partial charge in [0, 0.05) is 0 Å². The SMILES string of the molecule is CCOC(=O)c1c(NC(=O)C(CC)n2cc([N+](=O)[O-])cn2)sc(C(N)=O)c1C. The minimum atomic E-state index is -0.858. The van der Waals surface area contributed by atoms with Gasteiger partial charge in [-0.2, -0.15) is 5.10 Å². The van der Waals surface area contributed by atoms with E-state index in [1.165, 1.54) is 11.6 Å². The first-order valence-corrected chi connectivity index (χ1v) is 9.12. The predicted molar refractivity (Wildman–Crippen MR) is 100 cm³/mol. The first-order valence-electron chi connectivity index (χ1n) is 8.30. The quantitative estimate of drug-likeness (QED) is 0.383. The Morgan fingerprint density at radius 1 is 1.43 bits per heavy atom. The molecule has 0 fully saturated rings. The second-order valence-corrected chi connectivity index (χ2v) is 6.71. The Morgan fingerprint density at radius 3 is 2.61 bits per heavy atom. The van der Waals surface area contributed by atoms with Crippen molar-refractivity contribution < 1.29 is 24.0 Å². The van der Waals surface area contributed by atoms with Gasteiger partial charge in [0.05, 0.1) is 22.0 Å². The van der Waals surface area contributed by atoms with E-state index in [0.29, 0.717) is 5.56 Å². The first kappa shape index (κ1) is 21.0. The number of nitrogens with two attached hydrogens (primary N) is 1. The van der Waals surface area contributed by atoms with Gasteiger partial charge in [-0.15, -0.1) is 11.3 Å². The molecule has 0 aliphatic heterocycles. The van der Waals surface area contributed by atoms with Crippen molar-refractivity contribution in [3.8, 4) is 0 Å². The van der Waals surface area contributed by atoms with Crippen LogP contribution in [0.2, 0.25) is 0 Å². The number of esters is 1. The molecule has 0 aliphatic carbocycles. The molecule has 150 valence electrons. The smallest absolute Gasteiger partial charge is 0.341 e. The molecule has 0 spiro atoms. The summed E-state index contributed by atoms with van der Waals surface area (Å²) in [5, 5.41) is 17.4. The zero-order chi connectivity index (χ0) is 21.0. The van der Waals surface area contributed by atoms with Crippen LogP contribution in [0.5, 0.6) is 0 Å². The van der Waals surface area contributed by atoms with Gasteiger partial charge < -0.3 is 15.8 Å². The summed E-state index contributed by atoms with van der Waals surface area (Å²) in [5.41, 5.74) is 5.46. The number of hydrogen-bond donors (Lipinski definition) is 2. The molecule has 0 aliphatic rings. The van der Waals surface area contributed by atoms with Gasteiger partial charge in [-0.25, -0.2) is 4.79 Å². The highest BCUT2D eigenvalue weighted by molar-refractivity contribution is 7.18. The van der Waals surface area contributed by atoms with E-state index in [2.05, 4.69) is 10.4 Å². The number of carbonyl (C=O) groups excluding carboxylic acids is 3. The number of ether oxygens (including phenoxy) is 1. The van der Waals surface area contributed by atoms with E-state index >= 15 is 0 Å². The van der Waals surface area contributed by atoms with Crippen LogP contribution < -0.4 is 11.1 Å². The number of thiophene rings is 1. The Kier molecular flexibility index (Phi) is 6.46. The summed E-state index contributed by atoms with van der Waals surface area (Å²) in [7, 11) is 0. The number of hydrogen-bond acceptors (Lipinski definition) is 8. The van der Waals surface area contributed by atoms with Gasteiger partial charge in [-0.1, -0.05) is 6.92 Å². The second-order valence-electron chi connectivity index (χ2n) is 5.69. The van der Waals surface area contributed by atoms with E-state index in [-0.39, 0.29) is 34.2 Å². The van der Waals surface area contributed by atoms with Crippen molar-refractivity contribution in [3.63, 3.8) is 0 Å². The van der Waals surface area contributed by atoms with Gasteiger partial charge >= 0.3 is 11.7 Å². The van der Waals surface area contributed by atoms with E-state index in [1.54, 1.807) is 13.8 Å². The van der Waals surface area contributed by atoms with Gasteiger partial charge in [0.1, 0.15) is 23.4 Å². The average Bonchev–Trinajstić information content (AvgIpc) is 3.21. The second kappa shape index (κ2) is 8.61. The van der Waals surface area contributed by atoms with Crippen LogP contribution in [0.25, 0.3) is 0 Å². The van der Waals surface area contributed by atoms with Gasteiger partial charge in [-0.05, 0) is 25.8 Å². The van der Waals surface area contributed by atoms with Gasteiger partial charge in [0.25, 0.3) is 5.91 Å². The van der Waals surface area contributed by atoms with Crippen LogP contribution in [-0.2, 0) is 9.53 Å². The van der Waals surface area contributed by atoms with Crippen LogP contribution in [0.3, 0.4) is 0 Å². The Bertz CT molecular complexity index is 934. The van der Waals surface area contributed by atoms with Crippen molar-refractivity contribution in [2.24, 2.45) is 5.73 Å². The highest BCUT2D eigenvalue weighted by Crippen LogP contribution is 2.34. The highest BCUT2D eigenvalue weighted by Gasteiger charge is 2.28. The van der Waals surface area contributed by atoms with Crippen LogP contribution in [0.1, 0.15) is 51.9 Å². The van der Waals surface area contributed by atoms with Crippen molar-refractivity contribution in [3.05, 3.63) is 38.5 Å². The summed E-state index contributed by atoms with van der Waals surface area (Å²) in [6, 6.07) is -0.858. The number of amides is 2. The lowest BCUT2D eigenvalue weighted by Gasteiger charge is -2.15. The number of nitrogens with one attached hydrogen (secondary N) is 1. The summed E-state index contributed by atoms with van der Waals surface area (Å²) in [4.78, 5) is 47.0. The molecule has 3 N–H and O–H groups in total. The Hall–Kier alpha value is -3.28. The number of anilines is 1. The molecule has 0 saturated heterocycles. The molecular weight excluding hydrogens is 390 g/mol. The molecule has 28 heavy (non-hydrogen) atoms. The van der Waals surface area contributed by atoms with Gasteiger partial charge in [-0.3, -0.25) is 24.4 Å². The number of nitro groups is 1. The van der Waals surface area contributed by atoms with Crippen LogP contribution in [0, 0.1) is 17.0 Å². The Morgan fingerprint density at radius 2 is 2.11 bits per heavy atom. The molecule has 11 nitrogen and oxygen atoms in total. The molecule has 1 unspecified atom stereocenters. The van der Waals surface area contributed by atoms with Gasteiger partial charge in [0.2, 0.25) is 5.91 Å². The lowest BCUT2D eigenvalue weighted by molar-refractivity contribution is -0.385. The number of carbonyl (C=O) groups is 3. The maximum absolute atomic E-state index is 12.7. The minimum absolute atomic E-state index is 0.0512. The molecule has 0 radical (unpaired) electrons. The summed E-state index contributed by atoms with van der Waals surface area (Å²) >= 11 is 0.865. The van der Waals surface area contributed by atoms with Crippen molar-refractivity contribution in [2.75, 3.05) is 11.9 Å². The number of nitrogens with zero attached hydrogens (tertiary/aromatic N) is 3. The van der Waals surface area contributed by atoms with E-state index in [1.807, 2.05) is 0 Å². The molecule has 2 rings (SSSR count). The van der Waals surface area contributed by atoms with Crippen LogP contribution >= 0.6 is 11.3 Å². The van der Waals surface area contributed by atoms with Crippen molar-refractivity contribution >= 4 is 39.8 Å². The summed E-state index contributed by atoms with van der Waals surface area (Å²) in [6.07, 6.45) is 2.47. The molecule has 12 heteroatoms. The molecule has 0 bridgehead atoms. The maximum Gasteiger partial charge on any atom is 0.341 e. The van der Waals surface area contributed by atoms with E-state index in [0.717, 1.165) is 23.7 Å². The first-order chi connectivity index (χ1) is 13.2.